The van der Waals surface area contributed by atoms with Crippen LogP contribution in [0.25, 0.3) is 0 Å². The highest BCUT2D eigenvalue weighted by molar-refractivity contribution is 6.63. The maximum atomic E-state index is 6.19. The molecule has 1 aliphatic rings. The van der Waals surface area contributed by atoms with E-state index in [0.717, 1.165) is 29.3 Å². The van der Waals surface area contributed by atoms with Crippen LogP contribution in [0.2, 0.25) is 0 Å². The molecule has 0 bridgehead atoms. The van der Waals surface area contributed by atoms with Crippen molar-refractivity contribution in [3.63, 3.8) is 0 Å². The molecule has 0 radical (unpaired) electrons. The fourth-order valence-corrected chi connectivity index (χ4v) is 2.83. The van der Waals surface area contributed by atoms with Crippen LogP contribution in [0.4, 0.5) is 0 Å². The summed E-state index contributed by atoms with van der Waals surface area (Å²) in [7, 11) is 1.14. The van der Waals surface area contributed by atoms with Crippen LogP contribution in [0.15, 0.2) is 30.6 Å². The van der Waals surface area contributed by atoms with E-state index in [9.17, 15) is 0 Å². The topological polar surface area (TPSA) is 54.7 Å². The van der Waals surface area contributed by atoms with Crippen molar-refractivity contribution in [1.82, 2.24) is 9.55 Å². The molecule has 2 aromatic rings. The van der Waals surface area contributed by atoms with Crippen LogP contribution in [0.1, 0.15) is 33.5 Å². The smallest absolute Gasteiger partial charge is 0.497 e. The predicted octanol–water partition coefficient (Wildman–Crippen LogP) is 2.58. The lowest BCUT2D eigenvalue weighted by Crippen LogP contribution is -2.41. The second-order valence-corrected chi connectivity index (χ2v) is 7.51. The number of hydrogen-bond donors (Lipinski definition) is 0. The highest BCUT2D eigenvalue weighted by atomic mass is 16.7. The summed E-state index contributed by atoms with van der Waals surface area (Å²) < 4.78 is 25.9. The number of aromatic nitrogens is 2. The van der Waals surface area contributed by atoms with Crippen molar-refractivity contribution in [2.75, 3.05) is 13.7 Å². The summed E-state index contributed by atoms with van der Waals surface area (Å²) in [6.07, 6.45) is 3.74. The van der Waals surface area contributed by atoms with Gasteiger partial charge in [-0.15, -0.1) is 0 Å². The van der Waals surface area contributed by atoms with Crippen LogP contribution in [0, 0.1) is 6.92 Å². The van der Waals surface area contributed by atoms with E-state index >= 15 is 0 Å². The van der Waals surface area contributed by atoms with Crippen molar-refractivity contribution in [2.24, 2.45) is 0 Å². The number of imidazole rings is 1. The van der Waals surface area contributed by atoms with Gasteiger partial charge in [-0.05, 0) is 52.8 Å². The molecule has 0 N–H and O–H groups in total. The van der Waals surface area contributed by atoms with E-state index < -0.39 is 18.3 Å². The second-order valence-electron chi connectivity index (χ2n) is 7.51. The average Bonchev–Trinajstić information content (AvgIpc) is 3.08. The van der Waals surface area contributed by atoms with E-state index in [0.29, 0.717) is 6.61 Å². The molecule has 3 rings (SSSR count). The van der Waals surface area contributed by atoms with Crippen LogP contribution < -0.4 is 14.9 Å². The molecule has 140 valence electrons. The van der Waals surface area contributed by atoms with Gasteiger partial charge in [0.05, 0.1) is 24.9 Å². The minimum Gasteiger partial charge on any atom is -0.497 e. The molecule has 0 spiro atoms. The first-order chi connectivity index (χ1) is 12.2. The average molecular weight is 358 g/mol. The van der Waals surface area contributed by atoms with Crippen molar-refractivity contribution in [3.05, 3.63) is 36.4 Å². The Morgan fingerprint density at radius 2 is 1.85 bits per heavy atom. The van der Waals surface area contributed by atoms with Crippen molar-refractivity contribution in [3.8, 4) is 11.5 Å². The first-order valence-electron chi connectivity index (χ1n) is 8.87. The maximum Gasteiger partial charge on any atom is 0.498 e. The number of methoxy groups -OCH3 is 1. The fourth-order valence-electron chi connectivity index (χ4n) is 2.83. The Bertz CT molecular complexity index is 757. The molecule has 0 amide bonds. The Kier molecular flexibility index (Phi) is 5.04. The Hall–Kier alpha value is -1.99. The molecule has 26 heavy (non-hydrogen) atoms. The first kappa shape index (κ1) is 18.8. The van der Waals surface area contributed by atoms with Crippen molar-refractivity contribution >= 4 is 12.6 Å². The monoisotopic (exact) mass is 358 g/mol. The van der Waals surface area contributed by atoms with Gasteiger partial charge < -0.3 is 23.3 Å². The highest BCUT2D eigenvalue weighted by Gasteiger charge is 2.52. The molecule has 0 atom stereocenters. The quantitative estimate of drug-likeness (QED) is 0.743. The zero-order chi connectivity index (χ0) is 18.9. The fraction of sp³-hybridized carbons (Fsp3) is 0.526. The maximum absolute atomic E-state index is 6.19. The van der Waals surface area contributed by atoms with Gasteiger partial charge >= 0.3 is 7.12 Å². The van der Waals surface area contributed by atoms with Crippen molar-refractivity contribution < 1.29 is 18.8 Å². The first-order valence-corrected chi connectivity index (χ1v) is 8.87. The summed E-state index contributed by atoms with van der Waals surface area (Å²) in [6.45, 7) is 11.4. The number of aryl methyl sites for hydroxylation is 1. The van der Waals surface area contributed by atoms with E-state index in [1.165, 1.54) is 0 Å². The SMILES string of the molecule is COc1ccc(OCCn2ccnc2C)c(B2OC(C)(C)C(C)(C)O2)c1. The van der Waals surface area contributed by atoms with Gasteiger partial charge in [0.1, 0.15) is 23.9 Å². The minimum absolute atomic E-state index is 0.411. The summed E-state index contributed by atoms with van der Waals surface area (Å²) in [5, 5.41) is 0. The molecule has 6 nitrogen and oxygen atoms in total. The molecular weight excluding hydrogens is 331 g/mol. The van der Waals surface area contributed by atoms with E-state index in [1.807, 2.05) is 59.0 Å². The third-order valence-corrected chi connectivity index (χ3v) is 5.24. The standard InChI is InChI=1S/C19H27BN2O4/c1-14-21-9-10-22(14)11-12-24-17-8-7-15(23-6)13-16(17)20-25-18(2,3)19(4,5)26-20/h7-10,13H,11-12H2,1-6H3. The molecule has 1 aliphatic heterocycles. The van der Waals surface area contributed by atoms with Crippen LogP contribution in [0.3, 0.4) is 0 Å². The number of ether oxygens (including phenoxy) is 2. The zero-order valence-corrected chi connectivity index (χ0v) is 16.4. The Morgan fingerprint density at radius 3 is 2.42 bits per heavy atom. The van der Waals surface area contributed by atoms with E-state index in [-0.39, 0.29) is 0 Å². The number of hydrogen-bond acceptors (Lipinski definition) is 5. The summed E-state index contributed by atoms with van der Waals surface area (Å²) >= 11 is 0. The van der Waals surface area contributed by atoms with E-state index in [4.69, 9.17) is 18.8 Å². The zero-order valence-electron chi connectivity index (χ0n) is 16.4. The molecule has 0 saturated carbocycles. The van der Waals surface area contributed by atoms with Gasteiger partial charge in [0.2, 0.25) is 0 Å². The van der Waals surface area contributed by atoms with Gasteiger partial charge in [-0.25, -0.2) is 4.98 Å². The normalized spacial score (nSPS) is 18.2. The van der Waals surface area contributed by atoms with Gasteiger partial charge in [-0.2, -0.15) is 0 Å². The Balaban J connectivity index is 1.79. The molecule has 1 fully saturated rings. The van der Waals surface area contributed by atoms with E-state index in [1.54, 1.807) is 13.3 Å². The molecule has 1 saturated heterocycles. The lowest BCUT2D eigenvalue weighted by molar-refractivity contribution is 0.00578. The third-order valence-electron chi connectivity index (χ3n) is 5.24. The van der Waals surface area contributed by atoms with Crippen molar-refractivity contribution in [1.29, 1.82) is 0 Å². The third kappa shape index (κ3) is 3.59. The molecule has 1 aromatic carbocycles. The van der Waals surface area contributed by atoms with Gasteiger partial charge in [-0.3, -0.25) is 0 Å². The van der Waals surface area contributed by atoms with Crippen LogP contribution in [0.5, 0.6) is 11.5 Å². The summed E-state index contributed by atoms with van der Waals surface area (Å²) in [4.78, 5) is 4.23. The van der Waals surface area contributed by atoms with Crippen LogP contribution in [-0.2, 0) is 15.9 Å². The number of nitrogens with zero attached hydrogens (tertiary/aromatic N) is 2. The van der Waals surface area contributed by atoms with Gasteiger partial charge in [-0.1, -0.05) is 0 Å². The van der Waals surface area contributed by atoms with Gasteiger partial charge in [0, 0.05) is 17.9 Å². The Labute approximate surface area is 155 Å². The van der Waals surface area contributed by atoms with Crippen LogP contribution >= 0.6 is 0 Å². The minimum atomic E-state index is -0.500. The molecule has 0 unspecified atom stereocenters. The van der Waals surface area contributed by atoms with Gasteiger partial charge in [0.25, 0.3) is 0 Å². The molecule has 2 heterocycles. The second kappa shape index (κ2) is 6.97. The molecular formula is C19H27BN2O4. The predicted molar refractivity (Wildman–Crippen MR) is 101 cm³/mol. The molecule has 1 aromatic heterocycles. The number of benzene rings is 1. The summed E-state index contributed by atoms with van der Waals surface area (Å²) in [5.74, 6) is 2.45. The van der Waals surface area contributed by atoms with Crippen LogP contribution in [-0.4, -0.2) is 41.6 Å². The summed E-state index contributed by atoms with van der Waals surface area (Å²) in [5.41, 5.74) is 0.0167. The lowest BCUT2D eigenvalue weighted by Gasteiger charge is -2.32. The largest absolute Gasteiger partial charge is 0.498 e. The highest BCUT2D eigenvalue weighted by Crippen LogP contribution is 2.37. The van der Waals surface area contributed by atoms with Crippen molar-refractivity contribution in [2.45, 2.75) is 52.4 Å². The summed E-state index contributed by atoms with van der Waals surface area (Å²) in [6, 6.07) is 5.70. The van der Waals surface area contributed by atoms with Gasteiger partial charge in [0.15, 0.2) is 0 Å². The van der Waals surface area contributed by atoms with E-state index in [2.05, 4.69) is 9.55 Å². The number of rotatable bonds is 6. The lowest BCUT2D eigenvalue weighted by atomic mass is 9.78. The molecule has 0 aliphatic carbocycles. The molecule has 7 heteroatoms. The Morgan fingerprint density at radius 1 is 1.15 bits per heavy atom.